The van der Waals surface area contributed by atoms with E-state index in [2.05, 4.69) is 5.32 Å². The van der Waals surface area contributed by atoms with Crippen molar-refractivity contribution in [2.75, 3.05) is 21.3 Å². The monoisotopic (exact) mass is 289 g/mol. The van der Waals surface area contributed by atoms with Crippen molar-refractivity contribution in [1.29, 1.82) is 0 Å². The Bertz CT molecular complexity index is 628. The predicted octanol–water partition coefficient (Wildman–Crippen LogP) is 3.79. The second-order valence-electron chi connectivity index (χ2n) is 4.81. The van der Waals surface area contributed by atoms with Gasteiger partial charge in [-0.1, -0.05) is 6.07 Å². The van der Waals surface area contributed by atoms with Crippen molar-refractivity contribution in [1.82, 2.24) is 5.32 Å². The lowest BCUT2D eigenvalue weighted by Gasteiger charge is -2.18. The molecule has 112 valence electrons. The molecule has 1 atom stereocenters. The Morgan fingerprint density at radius 2 is 1.76 bits per heavy atom. The third-order valence-electron chi connectivity index (χ3n) is 3.61. The molecule has 0 aromatic heterocycles. The van der Waals surface area contributed by atoms with Gasteiger partial charge in [0.2, 0.25) is 0 Å². The third kappa shape index (κ3) is 3.16. The summed E-state index contributed by atoms with van der Waals surface area (Å²) in [6.07, 6.45) is 0. The van der Waals surface area contributed by atoms with Gasteiger partial charge in [0.25, 0.3) is 0 Å². The van der Waals surface area contributed by atoms with E-state index in [4.69, 9.17) is 9.47 Å². The second-order valence-corrected chi connectivity index (χ2v) is 4.81. The molecule has 0 heterocycles. The number of benzene rings is 2. The summed E-state index contributed by atoms with van der Waals surface area (Å²) < 4.78 is 24.3. The van der Waals surface area contributed by atoms with Crippen LogP contribution in [0.25, 0.3) is 11.1 Å². The molecule has 0 spiro atoms. The smallest absolute Gasteiger partial charge is 0.130 e. The van der Waals surface area contributed by atoms with Gasteiger partial charge in [-0.15, -0.1) is 0 Å². The standard InChI is InChI=1S/C17H20FNO2/c1-11(19-2)14-7-5-12(18)9-16(14)15-8-6-13(20-3)10-17(15)21-4/h5-11,19H,1-4H3. The van der Waals surface area contributed by atoms with Crippen LogP contribution in [0.4, 0.5) is 4.39 Å². The van der Waals surface area contributed by atoms with Crippen LogP contribution in [0.15, 0.2) is 36.4 Å². The maximum absolute atomic E-state index is 13.7. The predicted molar refractivity (Wildman–Crippen MR) is 82.4 cm³/mol. The van der Waals surface area contributed by atoms with Gasteiger partial charge in [-0.05, 0) is 49.4 Å². The molecule has 21 heavy (non-hydrogen) atoms. The molecule has 1 N–H and O–H groups in total. The molecule has 0 radical (unpaired) electrons. The topological polar surface area (TPSA) is 30.5 Å². The molecule has 2 aromatic carbocycles. The van der Waals surface area contributed by atoms with Crippen LogP contribution in [0, 0.1) is 5.82 Å². The quantitative estimate of drug-likeness (QED) is 0.908. The Kier molecular flexibility index (Phi) is 4.81. The van der Waals surface area contributed by atoms with Gasteiger partial charge in [0.05, 0.1) is 14.2 Å². The fourth-order valence-corrected chi connectivity index (χ4v) is 2.32. The number of hydrogen-bond donors (Lipinski definition) is 1. The van der Waals surface area contributed by atoms with Crippen molar-refractivity contribution in [2.45, 2.75) is 13.0 Å². The Balaban J connectivity index is 2.62. The minimum absolute atomic E-state index is 0.104. The number of halogens is 1. The van der Waals surface area contributed by atoms with E-state index in [1.165, 1.54) is 12.1 Å². The first-order valence-electron chi connectivity index (χ1n) is 6.79. The first-order valence-corrected chi connectivity index (χ1v) is 6.79. The number of nitrogens with one attached hydrogen (secondary N) is 1. The Morgan fingerprint density at radius 1 is 1.00 bits per heavy atom. The van der Waals surface area contributed by atoms with Crippen molar-refractivity contribution in [3.05, 3.63) is 47.8 Å². The van der Waals surface area contributed by atoms with E-state index in [-0.39, 0.29) is 11.9 Å². The van der Waals surface area contributed by atoms with Crippen molar-refractivity contribution < 1.29 is 13.9 Å². The molecule has 0 amide bonds. The Hall–Kier alpha value is -2.07. The number of rotatable bonds is 5. The lowest BCUT2D eigenvalue weighted by Crippen LogP contribution is -2.13. The summed E-state index contributed by atoms with van der Waals surface area (Å²) in [5.74, 6) is 1.09. The molecule has 0 fully saturated rings. The van der Waals surface area contributed by atoms with E-state index in [0.717, 1.165) is 16.7 Å². The molecule has 3 nitrogen and oxygen atoms in total. The molecule has 0 aliphatic rings. The summed E-state index contributed by atoms with van der Waals surface area (Å²) in [6.45, 7) is 2.03. The van der Waals surface area contributed by atoms with Crippen LogP contribution in [-0.4, -0.2) is 21.3 Å². The van der Waals surface area contributed by atoms with E-state index >= 15 is 0 Å². The molecule has 2 rings (SSSR count). The zero-order valence-electron chi connectivity index (χ0n) is 12.7. The van der Waals surface area contributed by atoms with Crippen LogP contribution in [0.2, 0.25) is 0 Å². The molecule has 1 unspecified atom stereocenters. The first kappa shape index (κ1) is 15.3. The van der Waals surface area contributed by atoms with Crippen LogP contribution in [0.5, 0.6) is 11.5 Å². The molecular weight excluding hydrogens is 269 g/mol. The number of ether oxygens (including phenoxy) is 2. The highest BCUT2D eigenvalue weighted by Crippen LogP contribution is 2.37. The van der Waals surface area contributed by atoms with Crippen molar-refractivity contribution >= 4 is 0 Å². The third-order valence-corrected chi connectivity index (χ3v) is 3.61. The highest BCUT2D eigenvalue weighted by atomic mass is 19.1. The molecule has 0 bridgehead atoms. The summed E-state index contributed by atoms with van der Waals surface area (Å²) in [4.78, 5) is 0. The summed E-state index contributed by atoms with van der Waals surface area (Å²) in [7, 11) is 5.08. The lowest BCUT2D eigenvalue weighted by atomic mass is 9.94. The molecule has 0 saturated carbocycles. The largest absolute Gasteiger partial charge is 0.497 e. The van der Waals surface area contributed by atoms with E-state index in [9.17, 15) is 4.39 Å². The van der Waals surface area contributed by atoms with Crippen LogP contribution < -0.4 is 14.8 Å². The fraction of sp³-hybridized carbons (Fsp3) is 0.294. The molecule has 2 aromatic rings. The summed E-state index contributed by atoms with van der Waals surface area (Å²) in [5.41, 5.74) is 2.67. The van der Waals surface area contributed by atoms with Gasteiger partial charge in [-0.3, -0.25) is 0 Å². The van der Waals surface area contributed by atoms with Gasteiger partial charge < -0.3 is 14.8 Å². The minimum atomic E-state index is -0.269. The van der Waals surface area contributed by atoms with E-state index in [1.54, 1.807) is 26.4 Å². The Morgan fingerprint density at radius 3 is 2.38 bits per heavy atom. The molecule has 0 saturated heterocycles. The Labute approximate surface area is 124 Å². The SMILES string of the molecule is CNC(C)c1ccc(F)cc1-c1ccc(OC)cc1OC. The van der Waals surface area contributed by atoms with Gasteiger partial charge >= 0.3 is 0 Å². The van der Waals surface area contributed by atoms with E-state index in [1.807, 2.05) is 26.1 Å². The highest BCUT2D eigenvalue weighted by molar-refractivity contribution is 5.75. The molecular formula is C17H20FNO2. The molecule has 4 heteroatoms. The zero-order chi connectivity index (χ0) is 15.4. The summed E-state index contributed by atoms with van der Waals surface area (Å²) >= 11 is 0. The molecule has 0 aliphatic carbocycles. The lowest BCUT2D eigenvalue weighted by molar-refractivity contribution is 0.395. The zero-order valence-corrected chi connectivity index (χ0v) is 12.7. The maximum atomic E-state index is 13.7. The average Bonchev–Trinajstić information content (AvgIpc) is 2.53. The van der Waals surface area contributed by atoms with Gasteiger partial charge in [-0.2, -0.15) is 0 Å². The number of hydrogen-bond acceptors (Lipinski definition) is 3. The van der Waals surface area contributed by atoms with Gasteiger partial charge in [0.1, 0.15) is 17.3 Å². The molecule has 0 aliphatic heterocycles. The maximum Gasteiger partial charge on any atom is 0.130 e. The van der Waals surface area contributed by atoms with Crippen LogP contribution in [0.3, 0.4) is 0 Å². The average molecular weight is 289 g/mol. The van der Waals surface area contributed by atoms with Crippen molar-refractivity contribution in [3.63, 3.8) is 0 Å². The van der Waals surface area contributed by atoms with Crippen LogP contribution in [0.1, 0.15) is 18.5 Å². The van der Waals surface area contributed by atoms with E-state index in [0.29, 0.717) is 11.5 Å². The number of methoxy groups -OCH3 is 2. The van der Waals surface area contributed by atoms with Gasteiger partial charge in [0, 0.05) is 17.7 Å². The van der Waals surface area contributed by atoms with Crippen molar-refractivity contribution in [3.8, 4) is 22.6 Å². The summed E-state index contributed by atoms with van der Waals surface area (Å²) in [5, 5.41) is 3.18. The summed E-state index contributed by atoms with van der Waals surface area (Å²) in [6, 6.07) is 10.4. The van der Waals surface area contributed by atoms with Gasteiger partial charge in [0.15, 0.2) is 0 Å². The van der Waals surface area contributed by atoms with Crippen LogP contribution >= 0.6 is 0 Å². The fourth-order valence-electron chi connectivity index (χ4n) is 2.32. The highest BCUT2D eigenvalue weighted by Gasteiger charge is 2.15. The van der Waals surface area contributed by atoms with Crippen molar-refractivity contribution in [2.24, 2.45) is 0 Å². The van der Waals surface area contributed by atoms with Gasteiger partial charge in [-0.25, -0.2) is 4.39 Å². The van der Waals surface area contributed by atoms with E-state index < -0.39 is 0 Å². The van der Waals surface area contributed by atoms with Crippen LogP contribution in [-0.2, 0) is 0 Å². The first-order chi connectivity index (χ1) is 10.1. The minimum Gasteiger partial charge on any atom is -0.497 e. The normalized spacial score (nSPS) is 12.0. The second kappa shape index (κ2) is 6.59.